The smallest absolute Gasteiger partial charge is 0.279 e. The lowest BCUT2D eigenvalue weighted by atomic mass is 10.1. The number of nitrogens with zero attached hydrogens (tertiary/aromatic N) is 2. The number of nitrogens with one attached hydrogen (secondary N) is 1. The number of nitro benzene ring substituents is 1. The number of pyridine rings is 1. The van der Waals surface area contributed by atoms with E-state index in [4.69, 9.17) is 4.74 Å². The lowest BCUT2D eigenvalue weighted by Crippen LogP contribution is -2.20. The Morgan fingerprint density at radius 1 is 1.26 bits per heavy atom. The van der Waals surface area contributed by atoms with Crippen LogP contribution in [0.3, 0.4) is 0 Å². The van der Waals surface area contributed by atoms with E-state index in [9.17, 15) is 14.9 Å². The topological polar surface area (TPSA) is 94.4 Å². The number of non-ortho nitro benzene ring substituents is 1. The Morgan fingerprint density at radius 3 is 2.63 bits per heavy atom. The molecule has 0 saturated heterocycles. The average molecular weight is 495 g/mol. The van der Waals surface area contributed by atoms with Crippen molar-refractivity contribution in [3.63, 3.8) is 0 Å². The van der Waals surface area contributed by atoms with Gasteiger partial charge in [0.1, 0.15) is 11.3 Å². The van der Waals surface area contributed by atoms with E-state index < -0.39 is 4.92 Å². The van der Waals surface area contributed by atoms with Crippen molar-refractivity contribution < 1.29 is 14.5 Å². The molecule has 0 spiro atoms. The number of hydrogen-bond acceptors (Lipinski definition) is 5. The van der Waals surface area contributed by atoms with Gasteiger partial charge in [-0.2, -0.15) is 0 Å². The molecule has 0 fully saturated rings. The monoisotopic (exact) mass is 493 g/mol. The second kappa shape index (κ2) is 8.01. The summed E-state index contributed by atoms with van der Waals surface area (Å²) < 4.78 is 7.05. The molecule has 0 aliphatic rings. The average Bonchev–Trinajstić information content (AvgIpc) is 2.62. The molecular weight excluding hydrogens is 482 g/mol. The number of fused-ring (bicyclic) bond motifs is 1. The molecule has 0 unspecified atom stereocenters. The number of amides is 1. The lowest BCUT2D eigenvalue weighted by Gasteiger charge is -2.12. The minimum absolute atomic E-state index is 0.0672. The third kappa shape index (κ3) is 4.25. The van der Waals surface area contributed by atoms with Gasteiger partial charge in [-0.15, -0.1) is 0 Å². The Balaban J connectivity index is 1.79. The van der Waals surface area contributed by atoms with Crippen LogP contribution in [-0.2, 0) is 4.79 Å². The van der Waals surface area contributed by atoms with Crippen LogP contribution in [0.15, 0.2) is 51.5 Å². The Kier molecular flexibility index (Phi) is 5.71. The highest BCUT2D eigenvalue weighted by Gasteiger charge is 2.17. The standard InChI is InChI=1S/C18H13Br2N3O4/c1-10-7-12(19)18(13(20)8-10)22-16(24)9-27-15-5-4-14(23(25)26)11-3-2-6-21-17(11)15/h2-8H,9H2,1H3,(H,22,24). The van der Waals surface area contributed by atoms with Crippen molar-refractivity contribution in [3.8, 4) is 5.75 Å². The predicted molar refractivity (Wildman–Crippen MR) is 109 cm³/mol. The maximum absolute atomic E-state index is 12.3. The number of carbonyl (C=O) groups excluding carboxylic acids is 1. The summed E-state index contributed by atoms with van der Waals surface area (Å²) in [5.74, 6) is -0.0731. The normalized spacial score (nSPS) is 10.6. The van der Waals surface area contributed by atoms with Crippen molar-refractivity contribution in [1.82, 2.24) is 4.98 Å². The molecule has 1 N–H and O–H groups in total. The van der Waals surface area contributed by atoms with Crippen LogP contribution in [0, 0.1) is 17.0 Å². The second-order valence-electron chi connectivity index (χ2n) is 5.68. The summed E-state index contributed by atoms with van der Waals surface area (Å²) in [7, 11) is 0. The van der Waals surface area contributed by atoms with Gasteiger partial charge in [0.2, 0.25) is 0 Å². The Labute approximate surface area is 171 Å². The van der Waals surface area contributed by atoms with Crippen molar-refractivity contribution in [2.45, 2.75) is 6.92 Å². The van der Waals surface area contributed by atoms with Crippen LogP contribution in [0.1, 0.15) is 5.56 Å². The molecule has 2 aromatic carbocycles. The molecule has 0 saturated carbocycles. The van der Waals surface area contributed by atoms with Crippen LogP contribution in [-0.4, -0.2) is 22.4 Å². The first-order valence-corrected chi connectivity index (χ1v) is 9.36. The van der Waals surface area contributed by atoms with Gasteiger partial charge >= 0.3 is 0 Å². The van der Waals surface area contributed by atoms with E-state index in [0.29, 0.717) is 22.3 Å². The van der Waals surface area contributed by atoms with E-state index in [1.807, 2.05) is 19.1 Å². The van der Waals surface area contributed by atoms with Crippen LogP contribution in [0.25, 0.3) is 10.9 Å². The molecule has 0 aliphatic carbocycles. The molecular formula is C18H13Br2N3O4. The number of ether oxygens (including phenoxy) is 1. The number of aryl methyl sites for hydroxylation is 1. The van der Waals surface area contributed by atoms with E-state index in [-0.39, 0.29) is 18.2 Å². The molecule has 138 valence electrons. The molecule has 0 bridgehead atoms. The van der Waals surface area contributed by atoms with E-state index in [1.54, 1.807) is 12.1 Å². The van der Waals surface area contributed by atoms with E-state index in [2.05, 4.69) is 42.2 Å². The van der Waals surface area contributed by atoms with Crippen LogP contribution >= 0.6 is 31.9 Å². The fourth-order valence-corrected chi connectivity index (χ4v) is 4.16. The molecule has 27 heavy (non-hydrogen) atoms. The minimum Gasteiger partial charge on any atom is -0.481 e. The summed E-state index contributed by atoms with van der Waals surface area (Å²) in [6, 6.07) is 9.75. The van der Waals surface area contributed by atoms with Crippen LogP contribution in [0.2, 0.25) is 0 Å². The van der Waals surface area contributed by atoms with Crippen LogP contribution in [0.4, 0.5) is 11.4 Å². The van der Waals surface area contributed by atoms with Gasteiger partial charge in [-0.3, -0.25) is 19.9 Å². The Bertz CT molecular complexity index is 1030. The lowest BCUT2D eigenvalue weighted by molar-refractivity contribution is -0.383. The first kappa shape index (κ1) is 19.2. The summed E-state index contributed by atoms with van der Waals surface area (Å²) >= 11 is 6.83. The summed E-state index contributed by atoms with van der Waals surface area (Å²) in [6.07, 6.45) is 1.51. The van der Waals surface area contributed by atoms with Gasteiger partial charge in [-0.05, 0) is 74.7 Å². The molecule has 1 amide bonds. The molecule has 0 aliphatic heterocycles. The predicted octanol–water partition coefficient (Wildman–Crippen LogP) is 4.99. The van der Waals surface area contributed by atoms with Crippen molar-refractivity contribution in [1.29, 1.82) is 0 Å². The highest BCUT2D eigenvalue weighted by atomic mass is 79.9. The number of aromatic nitrogens is 1. The molecule has 1 heterocycles. The zero-order valence-electron chi connectivity index (χ0n) is 14.0. The Morgan fingerprint density at radius 2 is 1.96 bits per heavy atom. The summed E-state index contributed by atoms with van der Waals surface area (Å²) in [6.45, 7) is 1.67. The summed E-state index contributed by atoms with van der Waals surface area (Å²) in [5.41, 5.74) is 1.90. The second-order valence-corrected chi connectivity index (χ2v) is 7.39. The number of nitro groups is 1. The van der Waals surface area contributed by atoms with Crippen LogP contribution < -0.4 is 10.1 Å². The maximum Gasteiger partial charge on any atom is 0.279 e. The van der Waals surface area contributed by atoms with E-state index >= 15 is 0 Å². The molecule has 0 radical (unpaired) electrons. The molecule has 7 nitrogen and oxygen atoms in total. The SMILES string of the molecule is Cc1cc(Br)c(NC(=O)COc2ccc([N+](=O)[O-])c3cccnc23)c(Br)c1. The minimum atomic E-state index is -0.479. The van der Waals surface area contributed by atoms with Crippen molar-refractivity contribution in [2.24, 2.45) is 0 Å². The quantitative estimate of drug-likeness (QED) is 0.398. The van der Waals surface area contributed by atoms with Gasteiger partial charge in [-0.1, -0.05) is 0 Å². The highest BCUT2D eigenvalue weighted by Crippen LogP contribution is 2.33. The van der Waals surface area contributed by atoms with Crippen molar-refractivity contribution in [3.05, 3.63) is 67.2 Å². The number of carbonyl (C=O) groups is 1. The van der Waals surface area contributed by atoms with E-state index in [0.717, 1.165) is 14.5 Å². The van der Waals surface area contributed by atoms with Crippen LogP contribution in [0.5, 0.6) is 5.75 Å². The molecule has 3 rings (SSSR count). The number of halogens is 2. The molecule has 1 aromatic heterocycles. The number of anilines is 1. The maximum atomic E-state index is 12.3. The van der Waals surface area contributed by atoms with Gasteiger partial charge in [0.05, 0.1) is 16.0 Å². The van der Waals surface area contributed by atoms with Gasteiger partial charge in [0.25, 0.3) is 11.6 Å². The van der Waals surface area contributed by atoms with Gasteiger partial charge in [-0.25, -0.2) is 0 Å². The molecule has 9 heteroatoms. The van der Waals surface area contributed by atoms with Gasteiger partial charge in [0, 0.05) is 21.2 Å². The zero-order chi connectivity index (χ0) is 19.6. The first-order valence-electron chi connectivity index (χ1n) is 7.77. The fourth-order valence-electron chi connectivity index (χ4n) is 2.55. The largest absolute Gasteiger partial charge is 0.481 e. The first-order chi connectivity index (χ1) is 12.9. The number of rotatable bonds is 5. The Hall–Kier alpha value is -2.52. The van der Waals surface area contributed by atoms with Gasteiger partial charge in [0.15, 0.2) is 6.61 Å². The third-order valence-corrected chi connectivity index (χ3v) is 4.97. The fraction of sp³-hybridized carbons (Fsp3) is 0.111. The van der Waals surface area contributed by atoms with Gasteiger partial charge < -0.3 is 10.1 Å². The highest BCUT2D eigenvalue weighted by molar-refractivity contribution is 9.11. The third-order valence-electron chi connectivity index (χ3n) is 3.72. The summed E-state index contributed by atoms with van der Waals surface area (Å²) in [5, 5.41) is 14.3. The zero-order valence-corrected chi connectivity index (χ0v) is 17.2. The summed E-state index contributed by atoms with van der Waals surface area (Å²) in [4.78, 5) is 27.1. The van der Waals surface area contributed by atoms with Crippen molar-refractivity contribution in [2.75, 3.05) is 11.9 Å². The number of hydrogen-bond donors (Lipinski definition) is 1. The number of benzene rings is 2. The molecule has 0 atom stereocenters. The van der Waals surface area contributed by atoms with E-state index in [1.165, 1.54) is 18.3 Å². The molecule has 3 aromatic rings. The van der Waals surface area contributed by atoms with Crippen molar-refractivity contribution >= 4 is 60.0 Å².